The molecule has 0 bridgehead atoms. The predicted molar refractivity (Wildman–Crippen MR) is 82.2 cm³/mol. The van der Waals surface area contributed by atoms with E-state index in [9.17, 15) is 0 Å². The number of nitrogens with one attached hydrogen (secondary N) is 2. The quantitative estimate of drug-likeness (QED) is 0.774. The maximum Gasteiger partial charge on any atom is 0.134 e. The zero-order valence-corrected chi connectivity index (χ0v) is 12.1. The van der Waals surface area contributed by atoms with Gasteiger partial charge in [0, 0.05) is 17.1 Å². The van der Waals surface area contributed by atoms with Crippen LogP contribution in [0.15, 0.2) is 40.9 Å². The van der Waals surface area contributed by atoms with Crippen molar-refractivity contribution in [2.24, 2.45) is 0 Å². The lowest BCUT2D eigenvalue weighted by Gasteiger charge is -2.25. The highest BCUT2D eigenvalue weighted by Gasteiger charge is 2.22. The summed E-state index contributed by atoms with van der Waals surface area (Å²) in [5.41, 5.74) is 3.60. The fourth-order valence-electron chi connectivity index (χ4n) is 3.21. The van der Waals surface area contributed by atoms with E-state index in [0.717, 1.165) is 30.6 Å². The van der Waals surface area contributed by atoms with Crippen LogP contribution in [0.25, 0.3) is 11.0 Å². The Morgan fingerprint density at radius 3 is 3.19 bits per heavy atom. The molecule has 0 amide bonds. The third-order valence-electron chi connectivity index (χ3n) is 4.37. The molecule has 2 aromatic heterocycles. The molecule has 2 atom stereocenters. The Hall–Kier alpha value is -2.07. The topological polar surface area (TPSA) is 53.9 Å². The average molecular weight is 281 g/mol. The third-order valence-corrected chi connectivity index (χ3v) is 4.37. The zero-order chi connectivity index (χ0) is 14.2. The van der Waals surface area contributed by atoms with E-state index in [-0.39, 0.29) is 6.04 Å². The van der Waals surface area contributed by atoms with Crippen LogP contribution >= 0.6 is 0 Å². The lowest BCUT2D eigenvalue weighted by atomic mass is 9.93. The van der Waals surface area contributed by atoms with Gasteiger partial charge in [-0.2, -0.15) is 5.10 Å². The monoisotopic (exact) mass is 281 g/mol. The molecule has 1 aliphatic carbocycles. The van der Waals surface area contributed by atoms with Gasteiger partial charge in [-0.1, -0.05) is 18.2 Å². The van der Waals surface area contributed by atoms with Gasteiger partial charge in [-0.3, -0.25) is 5.10 Å². The lowest BCUT2D eigenvalue weighted by Crippen LogP contribution is -2.36. The van der Waals surface area contributed by atoms with Crippen LogP contribution in [0.4, 0.5) is 0 Å². The van der Waals surface area contributed by atoms with Gasteiger partial charge in [0.25, 0.3) is 0 Å². The van der Waals surface area contributed by atoms with Gasteiger partial charge >= 0.3 is 0 Å². The average Bonchev–Trinajstić information content (AvgIpc) is 3.13. The Bertz CT molecular complexity index is 725. The number of aromatic nitrogens is 2. The molecule has 2 heterocycles. The van der Waals surface area contributed by atoms with Crippen LogP contribution in [0.3, 0.4) is 0 Å². The number of rotatable bonds is 3. The number of aryl methyl sites for hydroxylation is 1. The first-order valence-electron chi connectivity index (χ1n) is 7.55. The van der Waals surface area contributed by atoms with Crippen LogP contribution in [-0.4, -0.2) is 16.2 Å². The van der Waals surface area contributed by atoms with Gasteiger partial charge in [0.05, 0.1) is 12.2 Å². The van der Waals surface area contributed by atoms with Crippen molar-refractivity contribution in [1.82, 2.24) is 15.5 Å². The van der Waals surface area contributed by atoms with Crippen molar-refractivity contribution in [2.45, 2.75) is 38.3 Å². The highest BCUT2D eigenvalue weighted by atomic mass is 16.3. The molecule has 21 heavy (non-hydrogen) atoms. The number of aromatic amines is 1. The van der Waals surface area contributed by atoms with Crippen LogP contribution in [0.2, 0.25) is 0 Å². The molecule has 3 aromatic rings. The molecule has 4 nitrogen and oxygen atoms in total. The van der Waals surface area contributed by atoms with Crippen molar-refractivity contribution in [1.29, 1.82) is 0 Å². The number of benzene rings is 1. The molecular formula is C17H19N3O. The summed E-state index contributed by atoms with van der Waals surface area (Å²) in [6.45, 7) is 2.17. The second kappa shape index (κ2) is 5.04. The van der Waals surface area contributed by atoms with Crippen molar-refractivity contribution in [3.8, 4) is 0 Å². The van der Waals surface area contributed by atoms with E-state index < -0.39 is 0 Å². The van der Waals surface area contributed by atoms with Crippen molar-refractivity contribution < 1.29 is 4.42 Å². The van der Waals surface area contributed by atoms with Gasteiger partial charge < -0.3 is 9.73 Å². The van der Waals surface area contributed by atoms with E-state index in [1.165, 1.54) is 16.6 Å². The largest absolute Gasteiger partial charge is 0.459 e. The van der Waals surface area contributed by atoms with Crippen molar-refractivity contribution in [3.05, 3.63) is 53.5 Å². The Balaban J connectivity index is 1.49. The van der Waals surface area contributed by atoms with E-state index in [1.54, 1.807) is 0 Å². The summed E-state index contributed by atoms with van der Waals surface area (Å²) < 4.78 is 5.94. The minimum atomic E-state index is 0.218. The van der Waals surface area contributed by atoms with Crippen molar-refractivity contribution in [2.75, 3.05) is 0 Å². The lowest BCUT2D eigenvalue weighted by molar-refractivity contribution is 0.373. The first kappa shape index (κ1) is 12.7. The maximum atomic E-state index is 5.94. The van der Waals surface area contributed by atoms with Gasteiger partial charge in [-0.25, -0.2) is 0 Å². The Morgan fingerprint density at radius 2 is 2.29 bits per heavy atom. The molecule has 0 aliphatic heterocycles. The molecule has 0 unspecified atom stereocenters. The summed E-state index contributed by atoms with van der Waals surface area (Å²) in [7, 11) is 0. The molecule has 1 aromatic carbocycles. The summed E-state index contributed by atoms with van der Waals surface area (Å²) in [6, 6.07) is 11.0. The number of furan rings is 1. The summed E-state index contributed by atoms with van der Waals surface area (Å²) >= 11 is 0. The first-order chi connectivity index (χ1) is 10.3. The molecule has 0 fully saturated rings. The van der Waals surface area contributed by atoms with E-state index in [2.05, 4.69) is 34.6 Å². The maximum absolute atomic E-state index is 5.94. The molecule has 108 valence electrons. The van der Waals surface area contributed by atoms with Crippen molar-refractivity contribution in [3.63, 3.8) is 0 Å². The third kappa shape index (κ3) is 2.36. The van der Waals surface area contributed by atoms with Crippen LogP contribution in [0.5, 0.6) is 0 Å². The summed E-state index contributed by atoms with van der Waals surface area (Å²) in [4.78, 5) is 0. The molecule has 0 spiro atoms. The predicted octanol–water partition coefficient (Wildman–Crippen LogP) is 3.36. The molecule has 4 heteroatoms. The number of hydrogen-bond acceptors (Lipinski definition) is 3. The minimum absolute atomic E-state index is 0.218. The number of H-pyrrole nitrogens is 1. The van der Waals surface area contributed by atoms with Gasteiger partial charge in [0.2, 0.25) is 0 Å². The highest BCUT2D eigenvalue weighted by Crippen LogP contribution is 2.26. The first-order valence-corrected chi connectivity index (χ1v) is 7.55. The molecular weight excluding hydrogens is 262 g/mol. The Kier molecular flexibility index (Phi) is 3.04. The fourth-order valence-corrected chi connectivity index (χ4v) is 3.21. The molecule has 2 N–H and O–H groups in total. The molecule has 1 aliphatic rings. The van der Waals surface area contributed by atoms with E-state index in [1.807, 2.05) is 24.4 Å². The summed E-state index contributed by atoms with van der Waals surface area (Å²) in [5.74, 6) is 1.01. The standard InChI is InChI=1S/C17H19N3O/c1-11(17-9-12-4-2-3-5-16(12)21-17)19-14-6-7-15-13(8-14)10-18-20-15/h2-5,9-11,14,19H,6-8H2,1H3,(H,18,20)/t11-,14+/m0/s1. The number of hydrogen-bond donors (Lipinski definition) is 2. The van der Waals surface area contributed by atoms with E-state index in [0.29, 0.717) is 6.04 Å². The second-order valence-electron chi connectivity index (χ2n) is 5.89. The van der Waals surface area contributed by atoms with Crippen LogP contribution in [0, 0.1) is 0 Å². The van der Waals surface area contributed by atoms with Crippen LogP contribution < -0.4 is 5.32 Å². The Morgan fingerprint density at radius 1 is 1.38 bits per heavy atom. The fraction of sp³-hybridized carbons (Fsp3) is 0.353. The SMILES string of the molecule is C[C@H](N[C@@H]1CCc2[nH]ncc2C1)c1cc2ccccc2o1. The molecule has 0 saturated heterocycles. The van der Waals surface area contributed by atoms with Crippen molar-refractivity contribution >= 4 is 11.0 Å². The van der Waals surface area contributed by atoms with E-state index in [4.69, 9.17) is 4.42 Å². The minimum Gasteiger partial charge on any atom is -0.459 e. The Labute approximate surface area is 123 Å². The van der Waals surface area contributed by atoms with Crippen LogP contribution in [0.1, 0.15) is 36.4 Å². The normalized spacial score (nSPS) is 19.6. The molecule has 0 radical (unpaired) electrons. The van der Waals surface area contributed by atoms with Crippen LogP contribution in [-0.2, 0) is 12.8 Å². The number of nitrogens with zero attached hydrogens (tertiary/aromatic N) is 1. The summed E-state index contributed by atoms with van der Waals surface area (Å²) in [5, 5.41) is 12.1. The second-order valence-corrected chi connectivity index (χ2v) is 5.89. The highest BCUT2D eigenvalue weighted by molar-refractivity contribution is 5.77. The smallest absolute Gasteiger partial charge is 0.134 e. The number of fused-ring (bicyclic) bond motifs is 2. The van der Waals surface area contributed by atoms with Gasteiger partial charge in [0.15, 0.2) is 0 Å². The molecule has 0 saturated carbocycles. The van der Waals surface area contributed by atoms with Gasteiger partial charge in [0.1, 0.15) is 11.3 Å². The molecule has 4 rings (SSSR count). The van der Waals surface area contributed by atoms with E-state index >= 15 is 0 Å². The van der Waals surface area contributed by atoms with Gasteiger partial charge in [-0.05, 0) is 43.9 Å². The number of para-hydroxylation sites is 1. The zero-order valence-electron chi connectivity index (χ0n) is 12.1. The summed E-state index contributed by atoms with van der Waals surface area (Å²) in [6.07, 6.45) is 5.20. The van der Waals surface area contributed by atoms with Gasteiger partial charge in [-0.15, -0.1) is 0 Å².